The first-order chi connectivity index (χ1) is 8.04. The zero-order valence-electron chi connectivity index (χ0n) is 11.1. The van der Waals surface area contributed by atoms with Gasteiger partial charge < -0.3 is 4.74 Å². The Balaban J connectivity index is 2.32. The fourth-order valence-corrected chi connectivity index (χ4v) is 3.05. The summed E-state index contributed by atoms with van der Waals surface area (Å²) in [6.45, 7) is 12.2. The van der Waals surface area contributed by atoms with Crippen molar-refractivity contribution in [3.63, 3.8) is 0 Å². The van der Waals surface area contributed by atoms with E-state index in [9.17, 15) is 0 Å². The average molecular weight is 246 g/mol. The number of hydrogen-bond donors (Lipinski definition) is 0. The lowest BCUT2D eigenvalue weighted by Gasteiger charge is -2.18. The lowest BCUT2D eigenvalue weighted by molar-refractivity contribution is 0.124. The highest BCUT2D eigenvalue weighted by molar-refractivity contribution is 6.83. The minimum absolute atomic E-state index is 0.691. The predicted molar refractivity (Wildman–Crippen MR) is 76.7 cm³/mol. The number of hydrogen-bond acceptors (Lipinski definition) is 1. The van der Waals surface area contributed by atoms with Crippen LogP contribution in [0.4, 0.5) is 0 Å². The second kappa shape index (κ2) is 6.60. The molecule has 1 rings (SSSR count). The summed E-state index contributed by atoms with van der Waals surface area (Å²) < 4.78 is 5.68. The molecule has 0 radical (unpaired) electrons. The molecule has 0 aliphatic rings. The van der Waals surface area contributed by atoms with Gasteiger partial charge in [0.15, 0.2) is 0 Å². The monoisotopic (exact) mass is 246 g/mol. The van der Waals surface area contributed by atoms with E-state index in [0.717, 1.165) is 13.0 Å². The Hall–Kier alpha value is -1.08. The second-order valence-corrected chi connectivity index (χ2v) is 10.3. The fourth-order valence-electron chi connectivity index (χ4n) is 1.67. The third-order valence-electron chi connectivity index (χ3n) is 2.73. The van der Waals surface area contributed by atoms with Crippen LogP contribution in [0, 0.1) is 0 Å². The molecule has 0 saturated carbocycles. The van der Waals surface area contributed by atoms with Gasteiger partial charge >= 0.3 is 0 Å². The van der Waals surface area contributed by atoms with E-state index in [-0.39, 0.29) is 0 Å². The lowest BCUT2D eigenvalue weighted by Crippen LogP contribution is -2.24. The largest absolute Gasteiger partial charge is 0.376 e. The fraction of sp³-hybridized carbons (Fsp3) is 0.400. The molecule has 92 valence electrons. The molecule has 17 heavy (non-hydrogen) atoms. The Labute approximate surface area is 106 Å². The molecule has 1 nitrogen and oxygen atoms in total. The van der Waals surface area contributed by atoms with Gasteiger partial charge in [0.1, 0.15) is 0 Å². The van der Waals surface area contributed by atoms with Crippen LogP contribution in [-0.2, 0) is 11.3 Å². The second-order valence-electron chi connectivity index (χ2n) is 5.19. The molecular formula is C15H22OSi. The highest BCUT2D eigenvalue weighted by Gasteiger charge is 2.18. The van der Waals surface area contributed by atoms with E-state index < -0.39 is 8.07 Å². The van der Waals surface area contributed by atoms with Crippen molar-refractivity contribution in [3.8, 4) is 0 Å². The number of rotatable bonds is 6. The zero-order valence-corrected chi connectivity index (χ0v) is 12.1. The van der Waals surface area contributed by atoms with Crippen LogP contribution in [0.15, 0.2) is 47.8 Å². The molecule has 1 aromatic rings. The van der Waals surface area contributed by atoms with Gasteiger partial charge in [-0.15, -0.1) is 5.73 Å². The van der Waals surface area contributed by atoms with Crippen molar-refractivity contribution < 1.29 is 4.74 Å². The quantitative estimate of drug-likeness (QED) is 0.415. The topological polar surface area (TPSA) is 9.23 Å². The van der Waals surface area contributed by atoms with E-state index in [2.05, 4.69) is 44.1 Å². The van der Waals surface area contributed by atoms with Crippen LogP contribution in [0.1, 0.15) is 12.0 Å². The van der Waals surface area contributed by atoms with Crippen LogP contribution in [0.3, 0.4) is 0 Å². The van der Waals surface area contributed by atoms with Gasteiger partial charge in [-0.25, -0.2) is 0 Å². The average Bonchev–Trinajstić information content (AvgIpc) is 2.28. The zero-order chi connectivity index (χ0) is 12.7. The summed E-state index contributed by atoms with van der Waals surface area (Å²) in [4.78, 5) is 0. The van der Waals surface area contributed by atoms with Crippen LogP contribution < -0.4 is 0 Å². The normalized spacial score (nSPS) is 11.0. The van der Waals surface area contributed by atoms with E-state index in [1.807, 2.05) is 18.2 Å². The van der Waals surface area contributed by atoms with Gasteiger partial charge in [-0.05, 0) is 17.2 Å². The SMILES string of the molecule is C=C=C(CCOCc1ccccc1)[Si](C)(C)C. The molecule has 0 amide bonds. The van der Waals surface area contributed by atoms with Crippen LogP contribution in [-0.4, -0.2) is 14.7 Å². The first-order valence-corrected chi connectivity index (χ1v) is 9.55. The minimum atomic E-state index is -1.25. The van der Waals surface area contributed by atoms with Gasteiger partial charge in [0, 0.05) is 0 Å². The standard InChI is InChI=1S/C15H22OSi/c1-5-15(17(2,3)4)11-12-16-13-14-9-7-6-8-10-14/h6-10H,1,11-13H2,2-4H3. The van der Waals surface area contributed by atoms with Crippen LogP contribution in [0.25, 0.3) is 0 Å². The van der Waals surface area contributed by atoms with Gasteiger partial charge in [-0.2, -0.15) is 0 Å². The summed E-state index contributed by atoms with van der Waals surface area (Å²) in [6.07, 6.45) is 0.964. The Bertz CT molecular complexity index is 383. The molecule has 0 bridgehead atoms. The van der Waals surface area contributed by atoms with E-state index in [1.54, 1.807) is 0 Å². The molecule has 2 heteroatoms. The molecule has 0 aliphatic heterocycles. The molecule has 0 N–H and O–H groups in total. The molecule has 0 atom stereocenters. The molecule has 0 fully saturated rings. The maximum Gasteiger partial charge on any atom is 0.0824 e. The van der Waals surface area contributed by atoms with E-state index >= 15 is 0 Å². The summed E-state index contributed by atoms with van der Waals surface area (Å²) in [5, 5.41) is 1.37. The predicted octanol–water partition coefficient (Wildman–Crippen LogP) is 4.18. The summed E-state index contributed by atoms with van der Waals surface area (Å²) in [5.41, 5.74) is 4.32. The van der Waals surface area contributed by atoms with Crippen LogP contribution in [0.2, 0.25) is 19.6 Å². The van der Waals surface area contributed by atoms with Gasteiger partial charge in [0.05, 0.1) is 21.3 Å². The molecule has 0 aromatic heterocycles. The van der Waals surface area contributed by atoms with Crippen LogP contribution in [0.5, 0.6) is 0 Å². The van der Waals surface area contributed by atoms with Crippen molar-refractivity contribution in [3.05, 3.63) is 53.4 Å². The Morgan fingerprint density at radius 2 is 1.88 bits per heavy atom. The molecule has 0 saturated heterocycles. The maximum atomic E-state index is 5.68. The summed E-state index contributed by atoms with van der Waals surface area (Å²) in [7, 11) is -1.25. The summed E-state index contributed by atoms with van der Waals surface area (Å²) in [5.74, 6) is 0. The van der Waals surface area contributed by atoms with E-state index in [4.69, 9.17) is 4.74 Å². The van der Waals surface area contributed by atoms with Gasteiger partial charge in [0.25, 0.3) is 0 Å². The van der Waals surface area contributed by atoms with Crippen molar-refractivity contribution in [2.45, 2.75) is 32.7 Å². The third-order valence-corrected chi connectivity index (χ3v) is 4.96. The van der Waals surface area contributed by atoms with Gasteiger partial charge in [-0.3, -0.25) is 0 Å². The van der Waals surface area contributed by atoms with E-state index in [1.165, 1.54) is 10.8 Å². The highest BCUT2D eigenvalue weighted by Crippen LogP contribution is 2.16. The summed E-state index contributed by atoms with van der Waals surface area (Å²) >= 11 is 0. The van der Waals surface area contributed by atoms with Crippen molar-refractivity contribution in [1.29, 1.82) is 0 Å². The maximum absolute atomic E-state index is 5.68. The molecule has 0 heterocycles. The first kappa shape index (κ1) is 14.0. The van der Waals surface area contributed by atoms with Gasteiger partial charge in [0.2, 0.25) is 0 Å². The number of benzene rings is 1. The van der Waals surface area contributed by atoms with Crippen molar-refractivity contribution >= 4 is 8.07 Å². The van der Waals surface area contributed by atoms with Gasteiger partial charge in [-0.1, -0.05) is 56.6 Å². The summed E-state index contributed by atoms with van der Waals surface area (Å²) in [6, 6.07) is 10.3. The number of ether oxygens (including phenoxy) is 1. The Morgan fingerprint density at radius 1 is 1.24 bits per heavy atom. The molecule has 0 unspecified atom stereocenters. The third kappa shape index (κ3) is 5.18. The van der Waals surface area contributed by atoms with Crippen molar-refractivity contribution in [2.24, 2.45) is 0 Å². The minimum Gasteiger partial charge on any atom is -0.376 e. The molecule has 0 spiro atoms. The molecule has 0 aliphatic carbocycles. The highest BCUT2D eigenvalue weighted by atomic mass is 28.3. The molecular weight excluding hydrogens is 224 g/mol. The Kier molecular flexibility index (Phi) is 5.43. The smallest absolute Gasteiger partial charge is 0.0824 e. The Morgan fingerprint density at radius 3 is 2.41 bits per heavy atom. The van der Waals surface area contributed by atoms with Crippen molar-refractivity contribution in [2.75, 3.05) is 6.61 Å². The van der Waals surface area contributed by atoms with Crippen LogP contribution >= 0.6 is 0 Å². The van der Waals surface area contributed by atoms with Crippen molar-refractivity contribution in [1.82, 2.24) is 0 Å². The molecule has 1 aromatic carbocycles. The first-order valence-electron chi connectivity index (χ1n) is 6.05. The lowest BCUT2D eigenvalue weighted by atomic mass is 10.2. The van der Waals surface area contributed by atoms with E-state index in [0.29, 0.717) is 6.61 Å².